The highest BCUT2D eigenvalue weighted by Crippen LogP contribution is 2.38. The van der Waals surface area contributed by atoms with Crippen LogP contribution in [-0.4, -0.2) is 22.5 Å². The van der Waals surface area contributed by atoms with E-state index in [2.05, 4.69) is 11.1 Å². The highest BCUT2D eigenvalue weighted by Gasteiger charge is 2.26. The molecule has 5 rings (SSSR count). The van der Waals surface area contributed by atoms with Gasteiger partial charge in [0.05, 0.1) is 6.04 Å². The van der Waals surface area contributed by atoms with Crippen molar-refractivity contribution in [3.05, 3.63) is 81.8 Å². The van der Waals surface area contributed by atoms with Gasteiger partial charge in [-0.25, -0.2) is 4.39 Å². The van der Waals surface area contributed by atoms with Crippen LogP contribution < -0.4 is 10.5 Å². The second-order valence-corrected chi connectivity index (χ2v) is 8.05. The number of rotatable bonds is 2. The number of pyridine rings is 2. The first kappa shape index (κ1) is 18.7. The number of benzene rings is 1. The number of carbonyl (C=O) groups excluding carboxylic acids is 1. The van der Waals surface area contributed by atoms with Gasteiger partial charge in [-0.05, 0) is 66.1 Å². The summed E-state index contributed by atoms with van der Waals surface area (Å²) < 4.78 is 15.0. The van der Waals surface area contributed by atoms with Crippen LogP contribution in [0.3, 0.4) is 0 Å². The minimum absolute atomic E-state index is 0.140. The van der Waals surface area contributed by atoms with Crippen molar-refractivity contribution in [2.45, 2.75) is 38.1 Å². The third-order valence-electron chi connectivity index (χ3n) is 6.33. The Morgan fingerprint density at radius 2 is 1.93 bits per heavy atom. The van der Waals surface area contributed by atoms with E-state index in [1.54, 1.807) is 9.47 Å². The SMILES string of the molecule is CN1C(=O)CCc2cc(-c3cncc4c3CCC[C@H]4n3ccc(F)cc3=O)ccc21. The highest BCUT2D eigenvalue weighted by atomic mass is 19.1. The van der Waals surface area contributed by atoms with Crippen LogP contribution in [0.2, 0.25) is 0 Å². The topological polar surface area (TPSA) is 55.2 Å². The lowest BCUT2D eigenvalue weighted by Crippen LogP contribution is -2.31. The van der Waals surface area contributed by atoms with Crippen molar-refractivity contribution in [2.24, 2.45) is 0 Å². The molecule has 0 radical (unpaired) electrons. The average Bonchev–Trinajstić information content (AvgIpc) is 2.75. The standard InChI is InChI=1S/C24H22FN3O2/c1-27-21-7-5-15(11-16(21)6-8-23(27)29)19-13-26-14-20-18(19)3-2-4-22(20)28-10-9-17(25)12-24(28)30/h5,7,9-14,22H,2-4,6,8H2,1H3/t22-/m1/s1. The number of hydrogen-bond donors (Lipinski definition) is 0. The number of fused-ring (bicyclic) bond motifs is 2. The summed E-state index contributed by atoms with van der Waals surface area (Å²) in [6.45, 7) is 0. The van der Waals surface area contributed by atoms with Gasteiger partial charge in [-0.3, -0.25) is 14.6 Å². The predicted octanol–water partition coefficient (Wildman–Crippen LogP) is 3.88. The number of hydrogen-bond acceptors (Lipinski definition) is 3. The van der Waals surface area contributed by atoms with Gasteiger partial charge in [-0.2, -0.15) is 0 Å². The second-order valence-electron chi connectivity index (χ2n) is 8.05. The highest BCUT2D eigenvalue weighted by molar-refractivity contribution is 5.96. The fraction of sp³-hybridized carbons (Fsp3) is 0.292. The molecule has 1 atom stereocenters. The van der Waals surface area contributed by atoms with Crippen LogP contribution in [0.4, 0.5) is 10.1 Å². The summed E-state index contributed by atoms with van der Waals surface area (Å²) in [5, 5.41) is 0. The summed E-state index contributed by atoms with van der Waals surface area (Å²) in [4.78, 5) is 30.6. The minimum Gasteiger partial charge on any atom is -0.315 e. The van der Waals surface area contributed by atoms with Crippen LogP contribution in [0.15, 0.2) is 53.7 Å². The van der Waals surface area contributed by atoms with Crippen LogP contribution in [0.5, 0.6) is 0 Å². The molecule has 3 aromatic rings. The lowest BCUT2D eigenvalue weighted by molar-refractivity contribution is -0.118. The zero-order valence-corrected chi connectivity index (χ0v) is 16.8. The van der Waals surface area contributed by atoms with Crippen LogP contribution in [-0.2, 0) is 17.6 Å². The van der Waals surface area contributed by atoms with Gasteiger partial charge in [-0.15, -0.1) is 0 Å². The Balaban J connectivity index is 1.60. The molecule has 152 valence electrons. The van der Waals surface area contributed by atoms with Gasteiger partial charge in [0, 0.05) is 49.4 Å². The molecular formula is C24H22FN3O2. The molecule has 0 fully saturated rings. The summed E-state index contributed by atoms with van der Waals surface area (Å²) in [6.07, 6.45) is 9.19. The van der Waals surface area contributed by atoms with Crippen molar-refractivity contribution in [1.82, 2.24) is 9.55 Å². The van der Waals surface area contributed by atoms with Crippen LogP contribution in [0.25, 0.3) is 11.1 Å². The summed E-state index contributed by atoms with van der Waals surface area (Å²) >= 11 is 0. The van der Waals surface area contributed by atoms with Gasteiger partial charge in [0.1, 0.15) is 5.82 Å². The van der Waals surface area contributed by atoms with Gasteiger partial charge in [0.2, 0.25) is 5.91 Å². The van der Waals surface area contributed by atoms with Gasteiger partial charge in [0.25, 0.3) is 5.56 Å². The van der Waals surface area contributed by atoms with Gasteiger partial charge >= 0.3 is 0 Å². The lowest BCUT2D eigenvalue weighted by Gasteiger charge is -2.29. The van der Waals surface area contributed by atoms with E-state index < -0.39 is 5.82 Å². The number of carbonyl (C=O) groups is 1. The monoisotopic (exact) mass is 403 g/mol. The first-order chi connectivity index (χ1) is 14.5. The zero-order valence-electron chi connectivity index (χ0n) is 16.8. The van der Waals surface area contributed by atoms with Gasteiger partial charge < -0.3 is 9.47 Å². The lowest BCUT2D eigenvalue weighted by atomic mass is 9.84. The fourth-order valence-corrected chi connectivity index (χ4v) is 4.78. The smallest absolute Gasteiger partial charge is 0.254 e. The van der Waals surface area contributed by atoms with E-state index >= 15 is 0 Å². The van der Waals surface area contributed by atoms with Crippen molar-refractivity contribution in [3.63, 3.8) is 0 Å². The molecule has 2 aliphatic rings. The van der Waals surface area contributed by atoms with Crippen LogP contribution in [0.1, 0.15) is 42.0 Å². The number of halogens is 1. The summed E-state index contributed by atoms with van der Waals surface area (Å²) in [5.41, 5.74) is 6.15. The number of amides is 1. The van der Waals surface area contributed by atoms with E-state index in [9.17, 15) is 14.0 Å². The molecule has 3 heterocycles. The maximum atomic E-state index is 13.4. The van der Waals surface area contributed by atoms with E-state index in [1.807, 2.05) is 31.6 Å². The van der Waals surface area contributed by atoms with E-state index in [-0.39, 0.29) is 17.5 Å². The molecule has 1 aliphatic carbocycles. The molecule has 0 spiro atoms. The van der Waals surface area contributed by atoms with Crippen molar-refractivity contribution in [3.8, 4) is 11.1 Å². The van der Waals surface area contributed by atoms with E-state index in [1.165, 1.54) is 17.8 Å². The molecule has 1 amide bonds. The molecule has 0 N–H and O–H groups in total. The number of anilines is 1. The summed E-state index contributed by atoms with van der Waals surface area (Å²) in [5.74, 6) is -0.377. The van der Waals surface area contributed by atoms with Crippen molar-refractivity contribution in [2.75, 3.05) is 11.9 Å². The number of aromatic nitrogens is 2. The van der Waals surface area contributed by atoms with E-state index in [4.69, 9.17) is 0 Å². The molecule has 6 heteroatoms. The first-order valence-corrected chi connectivity index (χ1v) is 10.3. The Morgan fingerprint density at radius 1 is 1.07 bits per heavy atom. The normalized spacial score (nSPS) is 18.1. The number of aryl methyl sites for hydroxylation is 1. The largest absolute Gasteiger partial charge is 0.315 e. The Labute approximate surface area is 173 Å². The molecule has 0 bridgehead atoms. The Hall–Kier alpha value is -3.28. The molecule has 1 aromatic carbocycles. The maximum Gasteiger partial charge on any atom is 0.254 e. The van der Waals surface area contributed by atoms with Crippen molar-refractivity contribution in [1.29, 1.82) is 0 Å². The molecule has 0 saturated carbocycles. The van der Waals surface area contributed by atoms with Crippen LogP contribution in [0, 0.1) is 5.82 Å². The molecule has 5 nitrogen and oxygen atoms in total. The molecule has 1 aliphatic heterocycles. The summed E-state index contributed by atoms with van der Waals surface area (Å²) in [6, 6.07) is 8.42. The molecule has 0 saturated heterocycles. The Morgan fingerprint density at radius 3 is 2.77 bits per heavy atom. The van der Waals surface area contributed by atoms with Gasteiger partial charge in [-0.1, -0.05) is 6.07 Å². The predicted molar refractivity (Wildman–Crippen MR) is 113 cm³/mol. The third kappa shape index (κ3) is 3.03. The minimum atomic E-state index is -0.517. The molecule has 2 aromatic heterocycles. The first-order valence-electron chi connectivity index (χ1n) is 10.3. The van der Waals surface area contributed by atoms with Gasteiger partial charge in [0.15, 0.2) is 0 Å². The van der Waals surface area contributed by atoms with Crippen molar-refractivity contribution >= 4 is 11.6 Å². The Bertz CT molecular complexity index is 1220. The third-order valence-corrected chi connectivity index (χ3v) is 6.33. The average molecular weight is 403 g/mol. The molecule has 30 heavy (non-hydrogen) atoms. The molecular weight excluding hydrogens is 381 g/mol. The second kappa shape index (κ2) is 7.20. The molecule has 0 unspecified atom stereocenters. The quantitative estimate of drug-likeness (QED) is 0.652. The van der Waals surface area contributed by atoms with E-state index in [0.717, 1.165) is 59.7 Å². The zero-order chi connectivity index (χ0) is 20.8. The fourth-order valence-electron chi connectivity index (χ4n) is 4.78. The van der Waals surface area contributed by atoms with Crippen LogP contribution >= 0.6 is 0 Å². The number of nitrogens with zero attached hydrogens (tertiary/aromatic N) is 3. The maximum absolute atomic E-state index is 13.4. The van der Waals surface area contributed by atoms with Crippen molar-refractivity contribution < 1.29 is 9.18 Å². The summed E-state index contributed by atoms with van der Waals surface area (Å²) in [7, 11) is 1.82. The van der Waals surface area contributed by atoms with E-state index in [0.29, 0.717) is 6.42 Å². The Kier molecular flexibility index (Phi) is 4.50.